The number of ether oxygens (including phenoxy) is 1. The van der Waals surface area contributed by atoms with Gasteiger partial charge in [-0.05, 0) is 35.7 Å². The Kier molecular flexibility index (Phi) is 5.63. The maximum atomic E-state index is 12.3. The van der Waals surface area contributed by atoms with Gasteiger partial charge in [0, 0.05) is 5.02 Å². The summed E-state index contributed by atoms with van der Waals surface area (Å²) in [6.45, 7) is 2.07. The molecule has 0 unspecified atom stereocenters. The van der Waals surface area contributed by atoms with Gasteiger partial charge in [0.15, 0.2) is 0 Å². The van der Waals surface area contributed by atoms with Crippen molar-refractivity contribution in [3.8, 4) is 5.75 Å². The number of nitrogens with one attached hydrogen (secondary N) is 1. The molecule has 0 heterocycles. The normalized spacial score (nSPS) is 11.6. The number of aryl methyl sites for hydroxylation is 1. The smallest absolute Gasteiger partial charge is 0.280 e. The molecule has 0 saturated heterocycles. The van der Waals surface area contributed by atoms with Crippen molar-refractivity contribution in [1.29, 1.82) is 0 Å². The second-order valence-corrected chi connectivity index (χ2v) is 6.81. The van der Waals surface area contributed by atoms with Crippen molar-refractivity contribution in [1.82, 2.24) is 4.83 Å². The number of methoxy groups -OCH3 is 1. The standard InChI is InChI=1S/C16H17ClN2O3S/c1-3-12-4-6-13(7-5-12)11-18-19-23(20,21)16-10-14(17)8-9-15(16)22-2/h4-11,19H,3H2,1-2H3/b18-11+. The van der Waals surface area contributed by atoms with E-state index in [1.807, 2.05) is 24.3 Å². The zero-order valence-corrected chi connectivity index (χ0v) is 14.4. The van der Waals surface area contributed by atoms with Gasteiger partial charge in [0.2, 0.25) is 0 Å². The minimum absolute atomic E-state index is 0.0639. The molecule has 0 spiro atoms. The van der Waals surface area contributed by atoms with Crippen molar-refractivity contribution < 1.29 is 13.2 Å². The molecule has 0 atom stereocenters. The first-order valence-corrected chi connectivity index (χ1v) is 8.79. The Morgan fingerprint density at radius 3 is 2.52 bits per heavy atom. The number of hydrogen-bond donors (Lipinski definition) is 1. The lowest BCUT2D eigenvalue weighted by Gasteiger charge is -2.09. The molecule has 2 rings (SSSR count). The van der Waals surface area contributed by atoms with Crippen LogP contribution in [-0.2, 0) is 16.4 Å². The molecule has 0 aliphatic carbocycles. The lowest BCUT2D eigenvalue weighted by atomic mass is 10.1. The Labute approximate surface area is 141 Å². The van der Waals surface area contributed by atoms with Gasteiger partial charge in [-0.15, -0.1) is 0 Å². The second kappa shape index (κ2) is 7.48. The maximum absolute atomic E-state index is 12.3. The summed E-state index contributed by atoms with van der Waals surface area (Å²) in [5.74, 6) is 0.199. The third-order valence-electron chi connectivity index (χ3n) is 3.19. The number of benzene rings is 2. The van der Waals surface area contributed by atoms with Crippen molar-refractivity contribution >= 4 is 27.8 Å². The first-order chi connectivity index (χ1) is 11.0. The van der Waals surface area contributed by atoms with Crippen molar-refractivity contribution in [3.63, 3.8) is 0 Å². The largest absolute Gasteiger partial charge is 0.495 e. The average molecular weight is 353 g/mol. The van der Waals surface area contributed by atoms with Crippen LogP contribution in [0.5, 0.6) is 5.75 Å². The highest BCUT2D eigenvalue weighted by Crippen LogP contribution is 2.26. The first kappa shape index (κ1) is 17.3. The van der Waals surface area contributed by atoms with Gasteiger partial charge >= 0.3 is 0 Å². The summed E-state index contributed by atoms with van der Waals surface area (Å²) in [5, 5.41) is 4.09. The van der Waals surface area contributed by atoms with E-state index in [1.165, 1.54) is 31.0 Å². The van der Waals surface area contributed by atoms with Crippen LogP contribution in [0.2, 0.25) is 5.02 Å². The number of nitrogens with zero attached hydrogens (tertiary/aromatic N) is 1. The Bertz CT molecular complexity index is 803. The third-order valence-corrected chi connectivity index (χ3v) is 4.67. The lowest BCUT2D eigenvalue weighted by Crippen LogP contribution is -2.19. The predicted octanol–water partition coefficient (Wildman–Crippen LogP) is 3.22. The highest BCUT2D eigenvalue weighted by molar-refractivity contribution is 7.89. The van der Waals surface area contributed by atoms with Crippen LogP contribution >= 0.6 is 11.6 Å². The van der Waals surface area contributed by atoms with E-state index in [1.54, 1.807) is 6.07 Å². The molecule has 1 N–H and O–H groups in total. The fraction of sp³-hybridized carbons (Fsp3) is 0.188. The lowest BCUT2D eigenvalue weighted by molar-refractivity contribution is 0.402. The number of hydrogen-bond acceptors (Lipinski definition) is 4. The summed E-state index contributed by atoms with van der Waals surface area (Å²) in [6.07, 6.45) is 2.38. The molecule has 0 aromatic heterocycles. The SMILES string of the molecule is CCc1ccc(/C=N/NS(=O)(=O)c2cc(Cl)ccc2OC)cc1. The molecule has 0 radical (unpaired) electrons. The zero-order valence-electron chi connectivity index (χ0n) is 12.8. The van der Waals surface area contributed by atoms with Gasteiger partial charge in [-0.3, -0.25) is 0 Å². The van der Waals surface area contributed by atoms with E-state index in [2.05, 4.69) is 16.9 Å². The molecule has 7 heteroatoms. The van der Waals surface area contributed by atoms with E-state index >= 15 is 0 Å². The van der Waals surface area contributed by atoms with Crippen molar-refractivity contribution in [2.45, 2.75) is 18.2 Å². The average Bonchev–Trinajstić information content (AvgIpc) is 2.55. The Morgan fingerprint density at radius 2 is 1.91 bits per heavy atom. The van der Waals surface area contributed by atoms with Gasteiger partial charge in [0.1, 0.15) is 10.6 Å². The molecule has 0 aliphatic rings. The van der Waals surface area contributed by atoms with Crippen LogP contribution in [0, 0.1) is 0 Å². The van der Waals surface area contributed by atoms with Crippen LogP contribution in [0.3, 0.4) is 0 Å². The summed E-state index contributed by atoms with van der Waals surface area (Å²) < 4.78 is 29.6. The van der Waals surface area contributed by atoms with Gasteiger partial charge < -0.3 is 4.74 Å². The van der Waals surface area contributed by atoms with Gasteiger partial charge in [-0.2, -0.15) is 18.4 Å². The van der Waals surface area contributed by atoms with Crippen LogP contribution < -0.4 is 9.57 Å². The molecule has 2 aromatic rings. The number of halogens is 1. The second-order valence-electron chi connectivity index (χ2n) is 4.74. The molecule has 0 saturated carbocycles. The monoisotopic (exact) mass is 352 g/mol. The van der Waals surface area contributed by atoms with Crippen LogP contribution in [0.25, 0.3) is 0 Å². The van der Waals surface area contributed by atoms with Crippen LogP contribution in [0.4, 0.5) is 0 Å². The quantitative estimate of drug-likeness (QED) is 0.641. The molecule has 0 fully saturated rings. The summed E-state index contributed by atoms with van der Waals surface area (Å²) in [4.78, 5) is 2.09. The topological polar surface area (TPSA) is 67.8 Å². The van der Waals surface area contributed by atoms with Gasteiger partial charge in [-0.1, -0.05) is 42.8 Å². The van der Waals surface area contributed by atoms with E-state index in [0.717, 1.165) is 12.0 Å². The van der Waals surface area contributed by atoms with Crippen molar-refractivity contribution in [2.75, 3.05) is 7.11 Å². The first-order valence-electron chi connectivity index (χ1n) is 6.93. The fourth-order valence-corrected chi connectivity index (χ4v) is 3.14. The summed E-state index contributed by atoms with van der Waals surface area (Å²) >= 11 is 5.85. The predicted molar refractivity (Wildman–Crippen MR) is 91.7 cm³/mol. The van der Waals surface area contributed by atoms with E-state index in [4.69, 9.17) is 16.3 Å². The Morgan fingerprint density at radius 1 is 1.22 bits per heavy atom. The molecular formula is C16H17ClN2O3S. The van der Waals surface area contributed by atoms with Crippen LogP contribution in [0.15, 0.2) is 52.5 Å². The maximum Gasteiger partial charge on any atom is 0.280 e. The number of rotatable bonds is 6. The van der Waals surface area contributed by atoms with Crippen molar-refractivity contribution in [3.05, 3.63) is 58.6 Å². The Balaban J connectivity index is 2.18. The summed E-state index contributed by atoms with van der Waals surface area (Å²) in [6, 6.07) is 12.0. The van der Waals surface area contributed by atoms with Gasteiger partial charge in [0.05, 0.1) is 13.3 Å². The molecule has 5 nitrogen and oxygen atoms in total. The summed E-state index contributed by atoms with van der Waals surface area (Å²) in [7, 11) is -2.48. The highest BCUT2D eigenvalue weighted by Gasteiger charge is 2.19. The third kappa shape index (κ3) is 4.46. The zero-order chi connectivity index (χ0) is 16.9. The van der Waals surface area contributed by atoms with E-state index in [9.17, 15) is 8.42 Å². The van der Waals surface area contributed by atoms with E-state index in [0.29, 0.717) is 5.02 Å². The van der Waals surface area contributed by atoms with Crippen molar-refractivity contribution in [2.24, 2.45) is 5.10 Å². The van der Waals surface area contributed by atoms with Gasteiger partial charge in [0.25, 0.3) is 10.0 Å². The number of sulfonamides is 1. The molecule has 122 valence electrons. The molecule has 2 aromatic carbocycles. The van der Waals surface area contributed by atoms with Crippen LogP contribution in [-0.4, -0.2) is 21.7 Å². The molecular weight excluding hydrogens is 336 g/mol. The van der Waals surface area contributed by atoms with Gasteiger partial charge in [-0.25, -0.2) is 0 Å². The van der Waals surface area contributed by atoms with Crippen LogP contribution in [0.1, 0.15) is 18.1 Å². The minimum Gasteiger partial charge on any atom is -0.495 e. The highest BCUT2D eigenvalue weighted by atomic mass is 35.5. The van der Waals surface area contributed by atoms with E-state index < -0.39 is 10.0 Å². The number of hydrazone groups is 1. The Hall–Kier alpha value is -2.05. The van der Waals surface area contributed by atoms with E-state index in [-0.39, 0.29) is 10.6 Å². The molecule has 0 aliphatic heterocycles. The minimum atomic E-state index is -3.87. The molecule has 0 amide bonds. The summed E-state index contributed by atoms with van der Waals surface area (Å²) in [5.41, 5.74) is 1.99. The molecule has 23 heavy (non-hydrogen) atoms. The fourth-order valence-electron chi connectivity index (χ4n) is 1.92. The molecule has 0 bridgehead atoms.